The summed E-state index contributed by atoms with van der Waals surface area (Å²) in [5.41, 5.74) is -10.1. The number of hydrogen-bond donors (Lipinski definition) is 4. The Kier molecular flexibility index (Phi) is 4.10. The third-order valence-electron chi connectivity index (χ3n) is 3.27. The van der Waals surface area contributed by atoms with E-state index in [1.165, 1.54) is 0 Å². The van der Waals surface area contributed by atoms with Gasteiger partial charge in [0.15, 0.2) is 11.2 Å². The minimum absolute atomic E-state index is 0.0612. The molecule has 0 aliphatic heterocycles. The van der Waals surface area contributed by atoms with Crippen molar-refractivity contribution < 1.29 is 46.8 Å². The number of hydrogen-bond acceptors (Lipinski definition) is 4. The molecule has 22 heavy (non-hydrogen) atoms. The summed E-state index contributed by atoms with van der Waals surface area (Å²) >= 11 is 0. The molecule has 0 saturated carbocycles. The van der Waals surface area contributed by atoms with Crippen molar-refractivity contribution in [3.05, 3.63) is 23.3 Å². The Balaban J connectivity index is 3.65. The van der Waals surface area contributed by atoms with E-state index in [0.717, 1.165) is 0 Å². The summed E-state index contributed by atoms with van der Waals surface area (Å²) < 4.78 is 76.5. The molecule has 126 valence electrons. The summed E-state index contributed by atoms with van der Waals surface area (Å²) in [5.74, 6) is -2.55. The van der Waals surface area contributed by atoms with Gasteiger partial charge in [0.05, 0.1) is 0 Å². The zero-order chi connectivity index (χ0) is 17.7. The van der Waals surface area contributed by atoms with E-state index in [0.29, 0.717) is 0 Å². The largest absolute Gasteiger partial charge is 0.507 e. The van der Waals surface area contributed by atoms with Crippen molar-refractivity contribution in [3.63, 3.8) is 0 Å². The lowest BCUT2D eigenvalue weighted by Crippen LogP contribution is -2.41. The molecule has 0 aromatic heterocycles. The quantitative estimate of drug-likeness (QED) is 0.627. The number of aliphatic hydroxyl groups is 2. The second-order valence-electron chi connectivity index (χ2n) is 5.03. The molecule has 0 saturated heterocycles. The molecule has 0 heterocycles. The smallest absolute Gasteiger partial charge is 0.421 e. The fourth-order valence-corrected chi connectivity index (χ4v) is 1.66. The van der Waals surface area contributed by atoms with Crippen molar-refractivity contribution in [1.29, 1.82) is 0 Å². The number of aromatic hydroxyl groups is 2. The van der Waals surface area contributed by atoms with Crippen LogP contribution in [-0.2, 0) is 11.2 Å². The number of benzene rings is 1. The molecule has 0 aliphatic carbocycles. The normalized spacial score (nSPS) is 18.6. The van der Waals surface area contributed by atoms with E-state index in [9.17, 15) is 46.8 Å². The maximum Gasteiger partial charge on any atom is 0.421 e. The molecule has 1 aromatic rings. The molecule has 1 aromatic carbocycles. The van der Waals surface area contributed by atoms with Gasteiger partial charge in [0.2, 0.25) is 0 Å². The molecule has 1 rings (SSSR count). The van der Waals surface area contributed by atoms with Crippen molar-refractivity contribution in [2.45, 2.75) is 37.4 Å². The fourth-order valence-electron chi connectivity index (χ4n) is 1.66. The van der Waals surface area contributed by atoms with Crippen LogP contribution >= 0.6 is 0 Å². The van der Waals surface area contributed by atoms with E-state index in [1.807, 2.05) is 0 Å². The van der Waals surface area contributed by atoms with Gasteiger partial charge in [0.1, 0.15) is 11.5 Å². The first-order valence-electron chi connectivity index (χ1n) is 5.68. The molecule has 2 unspecified atom stereocenters. The van der Waals surface area contributed by atoms with Crippen molar-refractivity contribution in [2.75, 3.05) is 0 Å². The van der Waals surface area contributed by atoms with Crippen molar-refractivity contribution in [2.24, 2.45) is 0 Å². The van der Waals surface area contributed by atoms with Crippen LogP contribution < -0.4 is 0 Å². The van der Waals surface area contributed by atoms with E-state index < -0.39 is 46.2 Å². The highest BCUT2D eigenvalue weighted by atomic mass is 19.4. The van der Waals surface area contributed by atoms with Gasteiger partial charge in [-0.25, -0.2) is 0 Å². The average Bonchev–Trinajstić information content (AvgIpc) is 2.24. The molecule has 0 spiro atoms. The zero-order valence-electron chi connectivity index (χ0n) is 11.2. The average molecular weight is 334 g/mol. The van der Waals surface area contributed by atoms with Crippen molar-refractivity contribution in [3.8, 4) is 11.5 Å². The number of halogens is 6. The van der Waals surface area contributed by atoms with Gasteiger partial charge in [0.25, 0.3) is 0 Å². The molecule has 2 atom stereocenters. The minimum atomic E-state index is -5.32. The van der Waals surface area contributed by atoms with Gasteiger partial charge in [-0.3, -0.25) is 0 Å². The lowest BCUT2D eigenvalue weighted by molar-refractivity contribution is -0.262. The topological polar surface area (TPSA) is 80.9 Å². The Hall–Kier alpha value is -1.68. The molecule has 4 N–H and O–H groups in total. The molecule has 0 amide bonds. The Bertz CT molecular complexity index is 527. The maximum absolute atomic E-state index is 12.8. The summed E-state index contributed by atoms with van der Waals surface area (Å²) in [6.07, 6.45) is -10.6. The molecule has 0 fully saturated rings. The second kappa shape index (κ2) is 4.92. The first-order valence-corrected chi connectivity index (χ1v) is 5.68. The third-order valence-corrected chi connectivity index (χ3v) is 3.27. The van der Waals surface area contributed by atoms with Gasteiger partial charge in [-0.15, -0.1) is 0 Å². The predicted molar refractivity (Wildman–Crippen MR) is 61.0 cm³/mol. The lowest BCUT2D eigenvalue weighted by Gasteiger charge is -2.31. The van der Waals surface area contributed by atoms with Gasteiger partial charge < -0.3 is 20.4 Å². The summed E-state index contributed by atoms with van der Waals surface area (Å²) in [6.45, 7) is 0.427. The first kappa shape index (κ1) is 18.4. The Labute approximate surface area is 120 Å². The van der Waals surface area contributed by atoms with Crippen LogP contribution in [0, 0.1) is 0 Å². The molecule has 0 bridgehead atoms. The standard InChI is InChI=1S/C12H12F6O4/c1-9(21,11(13,14)15)5-3-6(8(20)4-7(5)19)10(2,22)12(16,17)18/h3-4,19-22H,1-2H3. The summed E-state index contributed by atoms with van der Waals surface area (Å²) in [6, 6.07) is 0.247. The van der Waals surface area contributed by atoms with Gasteiger partial charge in [-0.2, -0.15) is 26.3 Å². The van der Waals surface area contributed by atoms with E-state index in [4.69, 9.17) is 0 Å². The molecule has 0 aliphatic rings. The first-order chi connectivity index (χ1) is 9.53. The van der Waals surface area contributed by atoms with Crippen LogP contribution in [0.15, 0.2) is 12.1 Å². The van der Waals surface area contributed by atoms with Crippen LogP contribution in [0.25, 0.3) is 0 Å². The highest BCUT2D eigenvalue weighted by Crippen LogP contribution is 2.48. The highest BCUT2D eigenvalue weighted by molar-refractivity contribution is 5.50. The van der Waals surface area contributed by atoms with Crippen molar-refractivity contribution in [1.82, 2.24) is 0 Å². The van der Waals surface area contributed by atoms with E-state index in [1.54, 1.807) is 0 Å². The van der Waals surface area contributed by atoms with Crippen LogP contribution in [0.3, 0.4) is 0 Å². The summed E-state index contributed by atoms with van der Waals surface area (Å²) in [7, 11) is 0. The van der Waals surface area contributed by atoms with Gasteiger partial charge in [0, 0.05) is 17.2 Å². The van der Waals surface area contributed by atoms with Crippen LogP contribution in [-0.4, -0.2) is 32.8 Å². The number of phenolic OH excluding ortho intramolecular Hbond substituents is 2. The Morgan fingerprint density at radius 2 is 0.955 bits per heavy atom. The predicted octanol–water partition coefficient (Wildman–Crippen LogP) is 2.64. The number of phenols is 2. The van der Waals surface area contributed by atoms with Gasteiger partial charge >= 0.3 is 12.4 Å². The van der Waals surface area contributed by atoms with E-state index >= 15 is 0 Å². The molecule has 4 nitrogen and oxygen atoms in total. The van der Waals surface area contributed by atoms with E-state index in [2.05, 4.69) is 0 Å². The van der Waals surface area contributed by atoms with Crippen LogP contribution in [0.5, 0.6) is 11.5 Å². The monoisotopic (exact) mass is 334 g/mol. The summed E-state index contributed by atoms with van der Waals surface area (Å²) in [4.78, 5) is 0. The number of rotatable bonds is 2. The fraction of sp³-hybridized carbons (Fsp3) is 0.500. The minimum Gasteiger partial charge on any atom is -0.507 e. The number of alkyl halides is 6. The SMILES string of the molecule is CC(O)(c1cc(C(C)(O)C(F)(F)F)c(O)cc1O)C(F)(F)F. The van der Waals surface area contributed by atoms with Crippen LogP contribution in [0.4, 0.5) is 26.3 Å². The van der Waals surface area contributed by atoms with E-state index in [-0.39, 0.29) is 26.0 Å². The molecular weight excluding hydrogens is 322 g/mol. The Morgan fingerprint density at radius 3 is 1.18 bits per heavy atom. The van der Waals surface area contributed by atoms with Crippen LogP contribution in [0.2, 0.25) is 0 Å². The van der Waals surface area contributed by atoms with Crippen LogP contribution in [0.1, 0.15) is 25.0 Å². The molecule has 10 heteroatoms. The van der Waals surface area contributed by atoms with Gasteiger partial charge in [-0.05, 0) is 19.9 Å². The van der Waals surface area contributed by atoms with Crippen molar-refractivity contribution >= 4 is 0 Å². The maximum atomic E-state index is 12.8. The zero-order valence-corrected chi connectivity index (χ0v) is 11.2. The third kappa shape index (κ3) is 2.80. The summed E-state index contributed by atoms with van der Waals surface area (Å²) in [5, 5.41) is 37.7. The molecule has 0 radical (unpaired) electrons. The van der Waals surface area contributed by atoms with Gasteiger partial charge in [-0.1, -0.05) is 0 Å². The Morgan fingerprint density at radius 1 is 0.682 bits per heavy atom. The lowest BCUT2D eigenvalue weighted by atomic mass is 9.87. The highest BCUT2D eigenvalue weighted by Gasteiger charge is 2.56. The second-order valence-corrected chi connectivity index (χ2v) is 5.03. The molecular formula is C12H12F6O4.